The summed E-state index contributed by atoms with van der Waals surface area (Å²) >= 11 is 12.9. The van der Waals surface area contributed by atoms with E-state index in [4.69, 9.17) is 27.9 Å². The Kier molecular flexibility index (Phi) is 7.21. The van der Waals surface area contributed by atoms with Crippen molar-refractivity contribution in [3.05, 3.63) is 69.8 Å². The van der Waals surface area contributed by atoms with Crippen molar-refractivity contribution in [2.45, 2.75) is 38.6 Å². The monoisotopic (exact) mass is 458 g/mol. The van der Waals surface area contributed by atoms with Crippen molar-refractivity contribution < 1.29 is 9.53 Å². The molecule has 0 N–H and O–H groups in total. The fourth-order valence-electron chi connectivity index (χ4n) is 4.47. The highest BCUT2D eigenvalue weighted by Gasteiger charge is 2.23. The molecule has 0 unspecified atom stereocenters. The number of benzene rings is 2. The summed E-state index contributed by atoms with van der Waals surface area (Å²) in [5.41, 5.74) is 3.26. The van der Waals surface area contributed by atoms with E-state index in [-0.39, 0.29) is 12.4 Å². The molecule has 1 fully saturated rings. The minimum Gasteiger partial charge on any atom is -0.466 e. The average molecular weight is 459 g/mol. The second kappa shape index (κ2) is 10.1. The molecule has 4 nitrogen and oxygen atoms in total. The van der Waals surface area contributed by atoms with Crippen molar-refractivity contribution in [2.75, 3.05) is 26.2 Å². The number of carbonyl (C=O) groups is 1. The van der Waals surface area contributed by atoms with Gasteiger partial charge < -0.3 is 14.2 Å². The molecule has 0 saturated carbocycles. The molecule has 4 rings (SSSR count). The van der Waals surface area contributed by atoms with E-state index in [0.29, 0.717) is 12.6 Å². The summed E-state index contributed by atoms with van der Waals surface area (Å²) in [4.78, 5) is 14.4. The summed E-state index contributed by atoms with van der Waals surface area (Å²) in [6.45, 7) is 5.31. The molecule has 1 aromatic heterocycles. The highest BCUT2D eigenvalue weighted by molar-refractivity contribution is 6.31. The summed E-state index contributed by atoms with van der Waals surface area (Å²) in [5, 5.41) is 2.72. The van der Waals surface area contributed by atoms with Crippen molar-refractivity contribution in [1.82, 2.24) is 9.47 Å². The minimum absolute atomic E-state index is 0.196. The Labute approximate surface area is 193 Å². The number of rotatable bonds is 7. The van der Waals surface area contributed by atoms with Crippen LogP contribution in [0.3, 0.4) is 0 Å². The van der Waals surface area contributed by atoms with Gasteiger partial charge in [-0.1, -0.05) is 53.5 Å². The minimum atomic E-state index is -0.196. The standard InChI is InChI=1S/C25H28Cl2N2O2/c1-2-31-25(30)16-18-7-8-20-17-24(27)29(23(20)15-18)21-10-13-28(14-11-21)12-9-19-5-3-4-6-22(19)26/h3-8,15,17,21H,2,9-14,16H2,1H3. The molecule has 0 amide bonds. The Morgan fingerprint density at radius 1 is 1.10 bits per heavy atom. The maximum Gasteiger partial charge on any atom is 0.310 e. The first-order chi connectivity index (χ1) is 15.0. The third kappa shape index (κ3) is 5.25. The van der Waals surface area contributed by atoms with E-state index in [0.717, 1.165) is 65.5 Å². The lowest BCUT2D eigenvalue weighted by Crippen LogP contribution is -2.36. The molecule has 1 aliphatic heterocycles. The second-order valence-corrected chi connectivity index (χ2v) is 8.92. The quantitative estimate of drug-likeness (QED) is 0.411. The molecule has 1 saturated heterocycles. The number of fused-ring (bicyclic) bond motifs is 1. The summed E-state index contributed by atoms with van der Waals surface area (Å²) in [6.07, 6.45) is 3.35. The van der Waals surface area contributed by atoms with Gasteiger partial charge in [-0.15, -0.1) is 0 Å². The molecule has 0 spiro atoms. The van der Waals surface area contributed by atoms with E-state index in [9.17, 15) is 4.79 Å². The van der Waals surface area contributed by atoms with Crippen LogP contribution in [0.4, 0.5) is 0 Å². The van der Waals surface area contributed by atoms with Crippen LogP contribution < -0.4 is 0 Å². The van der Waals surface area contributed by atoms with Crippen LogP contribution in [-0.2, 0) is 22.4 Å². The lowest BCUT2D eigenvalue weighted by Gasteiger charge is -2.33. The Balaban J connectivity index is 1.42. The lowest BCUT2D eigenvalue weighted by atomic mass is 10.0. The topological polar surface area (TPSA) is 34.5 Å². The Morgan fingerprint density at radius 2 is 1.87 bits per heavy atom. The number of likely N-dealkylation sites (tertiary alicyclic amines) is 1. The lowest BCUT2D eigenvalue weighted by molar-refractivity contribution is -0.142. The molecule has 3 aromatic rings. The van der Waals surface area contributed by atoms with Crippen molar-refractivity contribution in [1.29, 1.82) is 0 Å². The van der Waals surface area contributed by atoms with Gasteiger partial charge in [-0.05, 0) is 55.5 Å². The Bertz CT molecular complexity index is 1050. The third-order valence-electron chi connectivity index (χ3n) is 6.09. The van der Waals surface area contributed by atoms with Crippen LogP contribution in [0.2, 0.25) is 10.2 Å². The van der Waals surface area contributed by atoms with E-state index in [2.05, 4.69) is 21.6 Å². The van der Waals surface area contributed by atoms with Crippen LogP contribution in [0.25, 0.3) is 10.9 Å². The predicted octanol–water partition coefficient (Wildman–Crippen LogP) is 5.93. The van der Waals surface area contributed by atoms with E-state index in [1.54, 1.807) is 0 Å². The number of esters is 1. The molecule has 0 radical (unpaired) electrons. The SMILES string of the molecule is CCOC(=O)Cc1ccc2cc(Cl)n(C3CCN(CCc4ccccc4Cl)CC3)c2c1. The number of hydrogen-bond donors (Lipinski definition) is 0. The number of halogens is 2. The molecular weight excluding hydrogens is 431 g/mol. The van der Waals surface area contributed by atoms with E-state index in [1.165, 1.54) is 5.56 Å². The second-order valence-electron chi connectivity index (χ2n) is 8.13. The van der Waals surface area contributed by atoms with Crippen LogP contribution in [0, 0.1) is 0 Å². The van der Waals surface area contributed by atoms with Gasteiger partial charge in [0.1, 0.15) is 5.15 Å². The van der Waals surface area contributed by atoms with Crippen molar-refractivity contribution in [3.63, 3.8) is 0 Å². The molecule has 0 bridgehead atoms. The van der Waals surface area contributed by atoms with Gasteiger partial charge >= 0.3 is 5.97 Å². The fourth-order valence-corrected chi connectivity index (χ4v) is 5.05. The van der Waals surface area contributed by atoms with Gasteiger partial charge in [-0.2, -0.15) is 0 Å². The van der Waals surface area contributed by atoms with Gasteiger partial charge in [0.2, 0.25) is 0 Å². The largest absolute Gasteiger partial charge is 0.466 e. The number of ether oxygens (including phenoxy) is 1. The van der Waals surface area contributed by atoms with Gasteiger partial charge in [-0.3, -0.25) is 4.79 Å². The van der Waals surface area contributed by atoms with Crippen molar-refractivity contribution in [2.24, 2.45) is 0 Å². The van der Waals surface area contributed by atoms with Gasteiger partial charge in [0.25, 0.3) is 0 Å². The van der Waals surface area contributed by atoms with Crippen LogP contribution in [0.15, 0.2) is 48.5 Å². The molecule has 2 aromatic carbocycles. The number of hydrogen-bond acceptors (Lipinski definition) is 3. The van der Waals surface area contributed by atoms with Gasteiger partial charge in [-0.25, -0.2) is 0 Å². The highest BCUT2D eigenvalue weighted by Crippen LogP contribution is 2.33. The molecule has 0 aliphatic carbocycles. The first-order valence-corrected chi connectivity index (χ1v) is 11.7. The van der Waals surface area contributed by atoms with Crippen LogP contribution >= 0.6 is 23.2 Å². The molecule has 31 heavy (non-hydrogen) atoms. The molecule has 1 aliphatic rings. The zero-order chi connectivity index (χ0) is 21.8. The number of nitrogens with zero attached hydrogens (tertiary/aromatic N) is 2. The summed E-state index contributed by atoms with van der Waals surface area (Å²) < 4.78 is 7.35. The zero-order valence-electron chi connectivity index (χ0n) is 17.8. The van der Waals surface area contributed by atoms with E-state index >= 15 is 0 Å². The number of carbonyl (C=O) groups excluding carboxylic acids is 1. The highest BCUT2D eigenvalue weighted by atomic mass is 35.5. The zero-order valence-corrected chi connectivity index (χ0v) is 19.3. The van der Waals surface area contributed by atoms with Gasteiger partial charge in [0, 0.05) is 41.6 Å². The maximum absolute atomic E-state index is 11.9. The first-order valence-electron chi connectivity index (χ1n) is 11.0. The smallest absolute Gasteiger partial charge is 0.310 e. The Hall–Kier alpha value is -2.01. The first kappa shape index (κ1) is 22.2. The fraction of sp³-hybridized carbons (Fsp3) is 0.400. The Morgan fingerprint density at radius 3 is 2.61 bits per heavy atom. The van der Waals surface area contributed by atoms with E-state index in [1.807, 2.05) is 43.3 Å². The molecule has 6 heteroatoms. The molecule has 164 valence electrons. The summed E-state index contributed by atoms with van der Waals surface area (Å²) in [7, 11) is 0. The van der Waals surface area contributed by atoms with Crippen molar-refractivity contribution >= 4 is 40.1 Å². The molecule has 2 heterocycles. The van der Waals surface area contributed by atoms with Crippen LogP contribution in [-0.4, -0.2) is 41.7 Å². The molecule has 0 atom stereocenters. The van der Waals surface area contributed by atoms with E-state index < -0.39 is 0 Å². The summed E-state index contributed by atoms with van der Waals surface area (Å²) in [6, 6.07) is 16.6. The van der Waals surface area contributed by atoms with Crippen LogP contribution in [0.5, 0.6) is 0 Å². The van der Waals surface area contributed by atoms with Gasteiger partial charge in [0.15, 0.2) is 0 Å². The third-order valence-corrected chi connectivity index (χ3v) is 6.75. The normalized spacial score (nSPS) is 15.5. The van der Waals surface area contributed by atoms with Crippen LogP contribution in [0.1, 0.15) is 36.9 Å². The number of piperidine rings is 1. The van der Waals surface area contributed by atoms with Crippen molar-refractivity contribution in [3.8, 4) is 0 Å². The maximum atomic E-state index is 11.9. The van der Waals surface area contributed by atoms with Gasteiger partial charge in [0.05, 0.1) is 13.0 Å². The average Bonchev–Trinajstić information content (AvgIpc) is 3.09. The molecular formula is C25H28Cl2N2O2. The predicted molar refractivity (Wildman–Crippen MR) is 127 cm³/mol. The summed E-state index contributed by atoms with van der Waals surface area (Å²) in [5.74, 6) is -0.196. The number of aromatic nitrogens is 1.